The summed E-state index contributed by atoms with van der Waals surface area (Å²) in [4.78, 5) is 26.6. The van der Waals surface area contributed by atoms with Crippen LogP contribution in [-0.2, 0) is 17.9 Å². The van der Waals surface area contributed by atoms with Crippen LogP contribution in [-0.4, -0.2) is 24.5 Å². The number of benzene rings is 3. The van der Waals surface area contributed by atoms with E-state index in [1.165, 1.54) is 0 Å². The molecule has 6 nitrogen and oxygen atoms in total. The fourth-order valence-corrected chi connectivity index (χ4v) is 3.77. The minimum atomic E-state index is -0.275. The van der Waals surface area contributed by atoms with Crippen molar-refractivity contribution in [1.29, 1.82) is 0 Å². The molecule has 1 fully saturated rings. The van der Waals surface area contributed by atoms with Gasteiger partial charge in [-0.05, 0) is 53.9 Å². The zero-order valence-corrected chi connectivity index (χ0v) is 18.3. The second-order valence-corrected chi connectivity index (χ2v) is 8.12. The molecule has 0 aromatic heterocycles. The molecule has 0 saturated carbocycles. The van der Waals surface area contributed by atoms with Crippen LogP contribution in [0.2, 0.25) is 5.02 Å². The van der Waals surface area contributed by atoms with Gasteiger partial charge >= 0.3 is 6.03 Å². The second-order valence-electron chi connectivity index (χ2n) is 7.68. The Kier molecular flexibility index (Phi) is 7.04. The molecule has 1 heterocycles. The molecule has 0 spiro atoms. The van der Waals surface area contributed by atoms with Crippen molar-refractivity contribution in [2.45, 2.75) is 25.6 Å². The highest BCUT2D eigenvalue weighted by molar-refractivity contribution is 6.30. The lowest BCUT2D eigenvalue weighted by Crippen LogP contribution is -2.37. The highest BCUT2D eigenvalue weighted by atomic mass is 35.5. The smallest absolute Gasteiger partial charge is 0.319 e. The molecule has 164 valence electrons. The lowest BCUT2D eigenvalue weighted by Gasteiger charge is -2.17. The van der Waals surface area contributed by atoms with Crippen molar-refractivity contribution in [1.82, 2.24) is 10.6 Å². The van der Waals surface area contributed by atoms with Gasteiger partial charge in [-0.3, -0.25) is 4.79 Å². The number of nitrogens with one attached hydrogen (secondary N) is 3. The lowest BCUT2D eigenvalue weighted by atomic mass is 10.2. The molecule has 3 aromatic rings. The molecule has 0 radical (unpaired) electrons. The topological polar surface area (TPSA) is 73.5 Å². The predicted octanol–water partition coefficient (Wildman–Crippen LogP) is 4.56. The number of anilines is 2. The number of halogens is 1. The standard InChI is InChI=1S/C25H25ClN4O2/c26-20-10-6-18(7-11-20)17-28-25(32)29-21-12-8-19(9-13-21)16-27-23-14-15-30(24(23)31)22-4-2-1-3-5-22/h1-13,23,27H,14-17H2,(H2,28,29,32)/t23-/m1/s1. The Labute approximate surface area is 192 Å². The van der Waals surface area contributed by atoms with E-state index < -0.39 is 0 Å². The van der Waals surface area contributed by atoms with Gasteiger partial charge in [0.15, 0.2) is 0 Å². The third-order valence-corrected chi connectivity index (χ3v) is 5.66. The van der Waals surface area contributed by atoms with Crippen LogP contribution in [0, 0.1) is 0 Å². The molecule has 1 aliphatic rings. The van der Waals surface area contributed by atoms with Crippen LogP contribution in [0.5, 0.6) is 0 Å². The van der Waals surface area contributed by atoms with Gasteiger partial charge in [0, 0.05) is 36.0 Å². The van der Waals surface area contributed by atoms with E-state index in [2.05, 4.69) is 16.0 Å². The van der Waals surface area contributed by atoms with Gasteiger partial charge in [-0.2, -0.15) is 0 Å². The first kappa shape index (κ1) is 21.9. The van der Waals surface area contributed by atoms with Crippen LogP contribution in [0.25, 0.3) is 0 Å². The third-order valence-electron chi connectivity index (χ3n) is 5.40. The van der Waals surface area contributed by atoms with Crippen LogP contribution in [0.3, 0.4) is 0 Å². The number of rotatable bonds is 7. The first-order valence-corrected chi connectivity index (χ1v) is 10.9. The monoisotopic (exact) mass is 448 g/mol. The summed E-state index contributed by atoms with van der Waals surface area (Å²) in [5, 5.41) is 9.66. The normalized spacial score (nSPS) is 15.6. The molecule has 0 unspecified atom stereocenters. The summed E-state index contributed by atoms with van der Waals surface area (Å²) >= 11 is 5.87. The second kappa shape index (κ2) is 10.3. The average Bonchev–Trinajstić information content (AvgIpc) is 3.19. The van der Waals surface area contributed by atoms with E-state index in [-0.39, 0.29) is 18.0 Å². The van der Waals surface area contributed by atoms with E-state index in [1.54, 1.807) is 12.1 Å². The van der Waals surface area contributed by atoms with Crippen molar-refractivity contribution in [2.24, 2.45) is 0 Å². The average molecular weight is 449 g/mol. The van der Waals surface area contributed by atoms with Crippen LogP contribution < -0.4 is 20.9 Å². The fraction of sp³-hybridized carbons (Fsp3) is 0.200. The SMILES string of the molecule is O=C(NCc1ccc(Cl)cc1)Nc1ccc(CN[C@@H]2CCN(c3ccccc3)C2=O)cc1. The van der Waals surface area contributed by atoms with Crippen molar-refractivity contribution < 1.29 is 9.59 Å². The van der Waals surface area contributed by atoms with Crippen molar-refractivity contribution in [3.8, 4) is 0 Å². The Bertz CT molecular complexity index is 1060. The summed E-state index contributed by atoms with van der Waals surface area (Å²) in [5.74, 6) is 0.104. The van der Waals surface area contributed by atoms with E-state index in [4.69, 9.17) is 11.6 Å². The van der Waals surface area contributed by atoms with E-state index in [0.29, 0.717) is 30.3 Å². The molecule has 0 aliphatic carbocycles. The third kappa shape index (κ3) is 5.66. The van der Waals surface area contributed by atoms with Crippen molar-refractivity contribution in [3.05, 3.63) is 95.0 Å². The van der Waals surface area contributed by atoms with Gasteiger partial charge in [0.05, 0.1) is 6.04 Å². The number of urea groups is 1. The van der Waals surface area contributed by atoms with Gasteiger partial charge in [0.25, 0.3) is 0 Å². The maximum absolute atomic E-state index is 12.7. The minimum Gasteiger partial charge on any atom is -0.334 e. The molecule has 1 aliphatic heterocycles. The first-order chi connectivity index (χ1) is 15.6. The first-order valence-electron chi connectivity index (χ1n) is 10.6. The molecule has 3 amide bonds. The number of amides is 3. The zero-order chi connectivity index (χ0) is 22.3. The Morgan fingerprint density at radius 1 is 0.906 bits per heavy atom. The predicted molar refractivity (Wildman–Crippen MR) is 128 cm³/mol. The molecule has 7 heteroatoms. The highest BCUT2D eigenvalue weighted by Gasteiger charge is 2.31. The molecular formula is C25H25ClN4O2. The Morgan fingerprint density at radius 2 is 1.56 bits per heavy atom. The number of para-hydroxylation sites is 1. The molecule has 1 saturated heterocycles. The van der Waals surface area contributed by atoms with Gasteiger partial charge in [-0.25, -0.2) is 4.79 Å². The number of hydrogen-bond donors (Lipinski definition) is 3. The minimum absolute atomic E-state index is 0.104. The summed E-state index contributed by atoms with van der Waals surface area (Å²) in [5.41, 5.74) is 3.66. The van der Waals surface area contributed by atoms with Crippen molar-refractivity contribution in [2.75, 3.05) is 16.8 Å². The van der Waals surface area contributed by atoms with E-state index in [0.717, 1.165) is 23.2 Å². The molecular weight excluding hydrogens is 424 g/mol. The number of carbonyl (C=O) groups excluding carboxylic acids is 2. The highest BCUT2D eigenvalue weighted by Crippen LogP contribution is 2.21. The molecule has 4 rings (SSSR count). The van der Waals surface area contributed by atoms with Crippen LogP contribution in [0.4, 0.5) is 16.2 Å². The largest absolute Gasteiger partial charge is 0.334 e. The maximum Gasteiger partial charge on any atom is 0.319 e. The zero-order valence-electron chi connectivity index (χ0n) is 17.6. The van der Waals surface area contributed by atoms with Gasteiger partial charge in [0.2, 0.25) is 5.91 Å². The number of carbonyl (C=O) groups is 2. The fourth-order valence-electron chi connectivity index (χ4n) is 3.64. The van der Waals surface area contributed by atoms with E-state index in [9.17, 15) is 9.59 Å². The quantitative estimate of drug-likeness (QED) is 0.496. The maximum atomic E-state index is 12.7. The van der Waals surface area contributed by atoms with Crippen molar-refractivity contribution in [3.63, 3.8) is 0 Å². The number of hydrogen-bond acceptors (Lipinski definition) is 3. The van der Waals surface area contributed by atoms with Crippen LogP contribution in [0.15, 0.2) is 78.9 Å². The van der Waals surface area contributed by atoms with Gasteiger partial charge in [-0.15, -0.1) is 0 Å². The van der Waals surface area contributed by atoms with Crippen LogP contribution in [0.1, 0.15) is 17.5 Å². The molecule has 3 N–H and O–H groups in total. The molecule has 0 bridgehead atoms. The summed E-state index contributed by atoms with van der Waals surface area (Å²) < 4.78 is 0. The molecule has 32 heavy (non-hydrogen) atoms. The molecule has 3 aromatic carbocycles. The summed E-state index contributed by atoms with van der Waals surface area (Å²) in [6, 6.07) is 24.2. The van der Waals surface area contributed by atoms with Gasteiger partial charge < -0.3 is 20.9 Å². The summed E-state index contributed by atoms with van der Waals surface area (Å²) in [6.45, 7) is 1.72. The molecule has 1 atom stereocenters. The van der Waals surface area contributed by atoms with E-state index >= 15 is 0 Å². The Hall–Kier alpha value is -3.35. The van der Waals surface area contributed by atoms with Crippen LogP contribution >= 0.6 is 11.6 Å². The Morgan fingerprint density at radius 3 is 2.28 bits per heavy atom. The lowest BCUT2D eigenvalue weighted by molar-refractivity contribution is -0.118. The van der Waals surface area contributed by atoms with Crippen molar-refractivity contribution >= 4 is 34.9 Å². The summed E-state index contributed by atoms with van der Waals surface area (Å²) in [6.07, 6.45) is 0.779. The Balaban J connectivity index is 1.23. The number of nitrogens with zero attached hydrogens (tertiary/aromatic N) is 1. The van der Waals surface area contributed by atoms with Gasteiger partial charge in [0.1, 0.15) is 0 Å². The van der Waals surface area contributed by atoms with Gasteiger partial charge in [-0.1, -0.05) is 54.1 Å². The van der Waals surface area contributed by atoms with E-state index in [1.807, 2.05) is 71.6 Å². The summed E-state index contributed by atoms with van der Waals surface area (Å²) in [7, 11) is 0.